The van der Waals surface area contributed by atoms with Crippen LogP contribution in [0.3, 0.4) is 0 Å². The van der Waals surface area contributed by atoms with Crippen LogP contribution in [0.1, 0.15) is 36.8 Å². The topological polar surface area (TPSA) is 82.6 Å². The van der Waals surface area contributed by atoms with Gasteiger partial charge >= 0.3 is 0 Å². The standard InChI is InChI=1S/C16H19N7S/c1-2-8-23(10-15-19-6-7-20-15)13(3-1)12-11-24-16(21-12)22-14-9-17-4-5-18-14/h4-7,9,11,13H,1-3,8,10H2,(H,19,20)(H,18,21,22)/t13-/m1/s1. The summed E-state index contributed by atoms with van der Waals surface area (Å²) in [4.78, 5) is 23.1. The van der Waals surface area contributed by atoms with Crippen molar-refractivity contribution < 1.29 is 0 Å². The third kappa shape index (κ3) is 3.44. The summed E-state index contributed by atoms with van der Waals surface area (Å²) in [6.07, 6.45) is 12.3. The Morgan fingerprint density at radius 3 is 3.08 bits per heavy atom. The molecule has 0 spiro atoms. The molecule has 3 aromatic heterocycles. The smallest absolute Gasteiger partial charge is 0.188 e. The summed E-state index contributed by atoms with van der Waals surface area (Å²) in [5.41, 5.74) is 1.12. The molecule has 4 heterocycles. The van der Waals surface area contributed by atoms with Crippen LogP contribution in [-0.2, 0) is 6.54 Å². The highest BCUT2D eigenvalue weighted by Crippen LogP contribution is 2.33. The number of thiazole rings is 1. The lowest BCUT2D eigenvalue weighted by Gasteiger charge is -2.34. The van der Waals surface area contributed by atoms with E-state index in [1.54, 1.807) is 36.1 Å². The quantitative estimate of drug-likeness (QED) is 0.742. The Hall–Kier alpha value is -2.32. The van der Waals surface area contributed by atoms with Gasteiger partial charge in [-0.1, -0.05) is 6.42 Å². The molecule has 1 aliphatic heterocycles. The van der Waals surface area contributed by atoms with Crippen LogP contribution in [-0.4, -0.2) is 36.4 Å². The summed E-state index contributed by atoms with van der Waals surface area (Å²) in [6.45, 7) is 1.91. The Bertz CT molecular complexity index is 756. The summed E-state index contributed by atoms with van der Waals surface area (Å²) in [5, 5.41) is 6.22. The zero-order valence-electron chi connectivity index (χ0n) is 13.2. The molecule has 1 saturated heterocycles. The maximum atomic E-state index is 4.78. The summed E-state index contributed by atoms with van der Waals surface area (Å²) >= 11 is 1.61. The molecule has 1 fully saturated rings. The minimum Gasteiger partial charge on any atom is -0.348 e. The predicted octanol–water partition coefficient (Wildman–Crippen LogP) is 3.13. The van der Waals surface area contributed by atoms with Gasteiger partial charge in [-0.25, -0.2) is 15.0 Å². The predicted molar refractivity (Wildman–Crippen MR) is 93.0 cm³/mol. The molecular weight excluding hydrogens is 322 g/mol. The van der Waals surface area contributed by atoms with Crippen molar-refractivity contribution in [2.45, 2.75) is 31.8 Å². The number of hydrogen-bond donors (Lipinski definition) is 2. The van der Waals surface area contributed by atoms with Crippen LogP contribution in [0.15, 0.2) is 36.4 Å². The number of imidazole rings is 1. The lowest BCUT2D eigenvalue weighted by atomic mass is 10.00. The first-order valence-electron chi connectivity index (χ1n) is 8.09. The van der Waals surface area contributed by atoms with E-state index in [4.69, 9.17) is 4.98 Å². The number of rotatable bonds is 5. The van der Waals surface area contributed by atoms with Gasteiger partial charge in [0.1, 0.15) is 5.82 Å². The van der Waals surface area contributed by atoms with Gasteiger partial charge in [0.25, 0.3) is 0 Å². The molecule has 8 heteroatoms. The van der Waals surface area contributed by atoms with Gasteiger partial charge < -0.3 is 10.3 Å². The van der Waals surface area contributed by atoms with E-state index in [1.165, 1.54) is 12.8 Å². The molecule has 3 aromatic rings. The molecule has 0 bridgehead atoms. The van der Waals surface area contributed by atoms with E-state index in [2.05, 4.69) is 35.5 Å². The Balaban J connectivity index is 1.49. The first kappa shape index (κ1) is 15.2. The number of nitrogens with one attached hydrogen (secondary N) is 2. The molecule has 0 saturated carbocycles. The fourth-order valence-electron chi connectivity index (χ4n) is 3.06. The average Bonchev–Trinajstić information content (AvgIpc) is 3.29. The maximum Gasteiger partial charge on any atom is 0.188 e. The summed E-state index contributed by atoms with van der Waals surface area (Å²) in [6, 6.07) is 0.345. The van der Waals surface area contributed by atoms with E-state index in [0.29, 0.717) is 6.04 Å². The molecule has 0 unspecified atom stereocenters. The van der Waals surface area contributed by atoms with Gasteiger partial charge in [0.2, 0.25) is 0 Å². The van der Waals surface area contributed by atoms with Gasteiger partial charge in [-0.15, -0.1) is 11.3 Å². The van der Waals surface area contributed by atoms with Crippen molar-refractivity contribution in [2.24, 2.45) is 0 Å². The van der Waals surface area contributed by atoms with Crippen LogP contribution in [0.4, 0.5) is 10.9 Å². The SMILES string of the molecule is c1cnc(Nc2nc([C@H]3CCCCN3Cc3ncc[nH]3)cs2)cn1. The summed E-state index contributed by atoms with van der Waals surface area (Å²) in [7, 11) is 0. The molecule has 0 aromatic carbocycles. The third-order valence-electron chi connectivity index (χ3n) is 4.18. The number of aromatic amines is 1. The highest BCUT2D eigenvalue weighted by atomic mass is 32.1. The molecular formula is C16H19N7S. The number of aromatic nitrogens is 5. The van der Waals surface area contributed by atoms with Crippen molar-refractivity contribution in [1.29, 1.82) is 0 Å². The molecule has 1 aliphatic rings. The van der Waals surface area contributed by atoms with Crippen LogP contribution in [0.5, 0.6) is 0 Å². The number of nitrogens with zero attached hydrogens (tertiary/aromatic N) is 5. The zero-order chi connectivity index (χ0) is 16.2. The molecule has 124 valence electrons. The largest absolute Gasteiger partial charge is 0.348 e. The Morgan fingerprint density at radius 2 is 2.25 bits per heavy atom. The number of likely N-dealkylation sites (tertiary alicyclic amines) is 1. The number of hydrogen-bond acceptors (Lipinski definition) is 7. The first-order chi connectivity index (χ1) is 11.9. The van der Waals surface area contributed by atoms with Gasteiger partial charge in [0.15, 0.2) is 10.9 Å². The van der Waals surface area contributed by atoms with Crippen LogP contribution >= 0.6 is 11.3 Å². The zero-order valence-corrected chi connectivity index (χ0v) is 14.0. The van der Waals surface area contributed by atoms with Crippen LogP contribution in [0, 0.1) is 0 Å². The van der Waals surface area contributed by atoms with Crippen LogP contribution in [0.25, 0.3) is 0 Å². The number of piperidine rings is 1. The molecule has 1 atom stereocenters. The fourth-order valence-corrected chi connectivity index (χ4v) is 3.83. The van der Waals surface area contributed by atoms with Crippen LogP contribution in [0.2, 0.25) is 0 Å². The summed E-state index contributed by atoms with van der Waals surface area (Å²) < 4.78 is 0. The van der Waals surface area contributed by atoms with Gasteiger partial charge in [-0.2, -0.15) is 0 Å². The molecule has 24 heavy (non-hydrogen) atoms. The third-order valence-corrected chi connectivity index (χ3v) is 4.96. The second kappa shape index (κ2) is 7.06. The van der Waals surface area contributed by atoms with E-state index in [0.717, 1.165) is 42.0 Å². The second-order valence-corrected chi connectivity index (χ2v) is 6.67. The van der Waals surface area contributed by atoms with Crippen molar-refractivity contribution in [1.82, 2.24) is 29.8 Å². The molecule has 0 aliphatic carbocycles. The Morgan fingerprint density at radius 1 is 1.25 bits per heavy atom. The van der Waals surface area contributed by atoms with Crippen molar-refractivity contribution >= 4 is 22.3 Å². The van der Waals surface area contributed by atoms with Gasteiger partial charge in [0.05, 0.1) is 24.5 Å². The highest BCUT2D eigenvalue weighted by molar-refractivity contribution is 7.13. The minimum absolute atomic E-state index is 0.345. The molecule has 4 rings (SSSR count). The van der Waals surface area contributed by atoms with Gasteiger partial charge in [-0.05, 0) is 19.4 Å². The first-order valence-corrected chi connectivity index (χ1v) is 8.97. The number of H-pyrrole nitrogens is 1. The lowest BCUT2D eigenvalue weighted by molar-refractivity contribution is 0.134. The lowest BCUT2D eigenvalue weighted by Crippen LogP contribution is -2.33. The van der Waals surface area contributed by atoms with Gasteiger partial charge in [0, 0.05) is 30.2 Å². The van der Waals surface area contributed by atoms with Crippen molar-refractivity contribution in [3.63, 3.8) is 0 Å². The molecule has 0 amide bonds. The van der Waals surface area contributed by atoms with E-state index in [1.807, 2.05) is 6.20 Å². The molecule has 2 N–H and O–H groups in total. The molecule has 0 radical (unpaired) electrons. The van der Waals surface area contributed by atoms with Gasteiger partial charge in [-0.3, -0.25) is 9.88 Å². The minimum atomic E-state index is 0.345. The monoisotopic (exact) mass is 341 g/mol. The molecule has 7 nitrogen and oxygen atoms in total. The number of anilines is 2. The van der Waals surface area contributed by atoms with Crippen LogP contribution < -0.4 is 5.32 Å². The Kier molecular flexibility index (Phi) is 4.48. The van der Waals surface area contributed by atoms with Crippen molar-refractivity contribution in [3.8, 4) is 0 Å². The van der Waals surface area contributed by atoms with E-state index < -0.39 is 0 Å². The normalized spacial score (nSPS) is 18.6. The van der Waals surface area contributed by atoms with Crippen molar-refractivity contribution in [3.05, 3.63) is 47.9 Å². The fraction of sp³-hybridized carbons (Fsp3) is 0.375. The average molecular weight is 341 g/mol. The van der Waals surface area contributed by atoms with E-state index >= 15 is 0 Å². The van der Waals surface area contributed by atoms with E-state index in [-0.39, 0.29) is 0 Å². The van der Waals surface area contributed by atoms with Crippen molar-refractivity contribution in [2.75, 3.05) is 11.9 Å². The Labute approximate surface area is 144 Å². The summed E-state index contributed by atoms with van der Waals surface area (Å²) in [5.74, 6) is 1.73. The highest BCUT2D eigenvalue weighted by Gasteiger charge is 2.26. The second-order valence-electron chi connectivity index (χ2n) is 5.81. The van der Waals surface area contributed by atoms with E-state index in [9.17, 15) is 0 Å². The maximum absolute atomic E-state index is 4.78.